The van der Waals surface area contributed by atoms with Crippen LogP contribution in [0.1, 0.15) is 62.4 Å². The van der Waals surface area contributed by atoms with Crippen molar-refractivity contribution in [3.63, 3.8) is 0 Å². The second kappa shape index (κ2) is 11.4. The summed E-state index contributed by atoms with van der Waals surface area (Å²) in [5, 5.41) is 7.32. The van der Waals surface area contributed by atoms with Gasteiger partial charge in [-0.2, -0.15) is 13.2 Å². The summed E-state index contributed by atoms with van der Waals surface area (Å²) in [5.41, 5.74) is 0.942. The van der Waals surface area contributed by atoms with E-state index in [1.165, 1.54) is 0 Å². The highest BCUT2D eigenvalue weighted by Crippen LogP contribution is 2.39. The number of nitrogens with one attached hydrogen (secondary N) is 2. The molecule has 0 spiro atoms. The van der Waals surface area contributed by atoms with Crippen LogP contribution < -0.4 is 15.4 Å². The monoisotopic (exact) mass is 561 g/mol. The van der Waals surface area contributed by atoms with Crippen LogP contribution in [0.3, 0.4) is 0 Å². The number of nitrogens with zero attached hydrogens (tertiary/aromatic N) is 1. The number of amides is 2. The Balaban J connectivity index is 1.49. The first-order chi connectivity index (χ1) is 18.3. The van der Waals surface area contributed by atoms with Crippen LogP contribution in [0.2, 0.25) is 5.02 Å². The summed E-state index contributed by atoms with van der Waals surface area (Å²) in [7, 11) is 0. The lowest BCUT2D eigenvalue weighted by atomic mass is 9.87. The molecule has 4 rings (SSSR count). The summed E-state index contributed by atoms with van der Waals surface area (Å²) >= 11 is 6.33. The van der Waals surface area contributed by atoms with E-state index in [1.807, 2.05) is 20.8 Å². The van der Waals surface area contributed by atoms with Gasteiger partial charge in [0.1, 0.15) is 6.10 Å². The minimum atomic E-state index is -4.18. The lowest BCUT2D eigenvalue weighted by molar-refractivity contribution is -0.185. The van der Waals surface area contributed by atoms with Crippen LogP contribution in [0.15, 0.2) is 48.7 Å². The predicted molar refractivity (Wildman–Crippen MR) is 145 cm³/mol. The first-order valence-electron chi connectivity index (χ1n) is 12.8. The number of ether oxygens (including phenoxy) is 1. The summed E-state index contributed by atoms with van der Waals surface area (Å²) in [6.07, 6.45) is -2.35. The van der Waals surface area contributed by atoms with Crippen LogP contribution in [-0.2, 0) is 11.3 Å². The number of rotatable bonds is 6. The van der Waals surface area contributed by atoms with E-state index in [9.17, 15) is 22.8 Å². The summed E-state index contributed by atoms with van der Waals surface area (Å²) in [4.78, 5) is 29.8. The van der Waals surface area contributed by atoms with Crippen molar-refractivity contribution in [2.24, 2.45) is 11.3 Å². The van der Waals surface area contributed by atoms with Crippen LogP contribution in [0, 0.1) is 11.3 Å². The molecule has 2 amide bonds. The van der Waals surface area contributed by atoms with E-state index in [4.69, 9.17) is 16.3 Å². The van der Waals surface area contributed by atoms with Gasteiger partial charge in [-0.1, -0.05) is 44.5 Å². The van der Waals surface area contributed by atoms with Crippen molar-refractivity contribution in [2.75, 3.05) is 5.32 Å². The third kappa shape index (κ3) is 7.01. The topological polar surface area (TPSA) is 80.3 Å². The molecule has 3 aromatic rings. The minimum absolute atomic E-state index is 0.0277. The number of carbonyl (C=O) groups is 2. The van der Waals surface area contributed by atoms with Crippen LogP contribution in [0.5, 0.6) is 5.88 Å². The summed E-state index contributed by atoms with van der Waals surface area (Å²) in [6.45, 7) is 5.70. The van der Waals surface area contributed by atoms with Crippen molar-refractivity contribution in [2.45, 2.75) is 65.3 Å². The smallest absolute Gasteiger partial charge is 0.391 e. The first-order valence-corrected chi connectivity index (χ1v) is 13.2. The number of hydrogen-bond donors (Lipinski definition) is 2. The highest BCUT2D eigenvalue weighted by Gasteiger charge is 2.41. The second-order valence-electron chi connectivity index (χ2n) is 10.9. The van der Waals surface area contributed by atoms with Gasteiger partial charge in [0.2, 0.25) is 11.8 Å². The fourth-order valence-corrected chi connectivity index (χ4v) is 4.75. The van der Waals surface area contributed by atoms with E-state index in [1.54, 1.807) is 48.7 Å². The fourth-order valence-electron chi connectivity index (χ4n) is 4.54. The van der Waals surface area contributed by atoms with Gasteiger partial charge >= 0.3 is 6.18 Å². The number of benzene rings is 2. The molecule has 1 aromatic heterocycles. The summed E-state index contributed by atoms with van der Waals surface area (Å²) in [5.74, 6) is -1.52. The molecular formula is C29H31ClF3N3O3. The molecule has 1 fully saturated rings. The van der Waals surface area contributed by atoms with Gasteiger partial charge in [0, 0.05) is 34.6 Å². The fraction of sp³-hybridized carbons (Fsp3) is 0.414. The Bertz CT molecular complexity index is 1360. The van der Waals surface area contributed by atoms with Gasteiger partial charge in [0.05, 0.1) is 16.5 Å². The Labute approximate surface area is 230 Å². The number of anilines is 1. The Hall–Kier alpha value is -3.33. The molecule has 10 heteroatoms. The Morgan fingerprint density at radius 2 is 1.74 bits per heavy atom. The molecule has 0 saturated heterocycles. The van der Waals surface area contributed by atoms with Crippen LogP contribution >= 0.6 is 11.6 Å². The average Bonchev–Trinajstić information content (AvgIpc) is 2.87. The molecule has 0 atom stereocenters. The van der Waals surface area contributed by atoms with Crippen molar-refractivity contribution in [1.29, 1.82) is 0 Å². The number of fused-ring (bicyclic) bond motifs is 1. The van der Waals surface area contributed by atoms with Gasteiger partial charge in [0.15, 0.2) is 0 Å². The van der Waals surface area contributed by atoms with Gasteiger partial charge in [-0.3, -0.25) is 9.59 Å². The minimum Gasteiger partial charge on any atom is -0.474 e. The SMILES string of the molecule is CC(C)(C)C(=O)NCc1ccc(Cl)c(C(=O)Nc2cccc3c(OC4CCC(C(F)(F)F)CC4)nccc23)c1. The molecule has 39 heavy (non-hydrogen) atoms. The first kappa shape index (κ1) is 28.7. The normalized spacial score (nSPS) is 18.0. The van der Waals surface area contributed by atoms with E-state index in [-0.39, 0.29) is 42.0 Å². The van der Waals surface area contributed by atoms with Gasteiger partial charge < -0.3 is 15.4 Å². The predicted octanol–water partition coefficient (Wildman–Crippen LogP) is 7.30. The molecule has 208 valence electrons. The maximum absolute atomic E-state index is 13.2. The molecule has 6 nitrogen and oxygen atoms in total. The number of halogens is 4. The third-order valence-corrected chi connectivity index (χ3v) is 7.17. The molecule has 1 saturated carbocycles. The molecule has 2 aromatic carbocycles. The molecule has 0 aliphatic heterocycles. The molecule has 2 N–H and O–H groups in total. The highest BCUT2D eigenvalue weighted by molar-refractivity contribution is 6.34. The van der Waals surface area contributed by atoms with Gasteiger partial charge in [-0.15, -0.1) is 0 Å². The van der Waals surface area contributed by atoms with Gasteiger partial charge in [-0.25, -0.2) is 4.98 Å². The maximum atomic E-state index is 13.2. The number of alkyl halides is 3. The lowest BCUT2D eigenvalue weighted by Crippen LogP contribution is -2.34. The van der Waals surface area contributed by atoms with Crippen LogP contribution in [0.4, 0.5) is 18.9 Å². The largest absolute Gasteiger partial charge is 0.474 e. The third-order valence-electron chi connectivity index (χ3n) is 6.84. The maximum Gasteiger partial charge on any atom is 0.391 e. The van der Waals surface area contributed by atoms with E-state index in [0.717, 1.165) is 5.56 Å². The Morgan fingerprint density at radius 3 is 2.41 bits per heavy atom. The number of hydrogen-bond acceptors (Lipinski definition) is 4. The highest BCUT2D eigenvalue weighted by atomic mass is 35.5. The molecule has 0 unspecified atom stereocenters. The zero-order chi connectivity index (χ0) is 28.4. The molecule has 1 heterocycles. The van der Waals surface area contributed by atoms with E-state index < -0.39 is 23.4 Å². The van der Waals surface area contributed by atoms with Crippen molar-refractivity contribution >= 4 is 39.9 Å². The standard InChI is InChI=1S/C29H31ClF3N3O3/c1-28(2,3)27(38)35-16-17-7-12-23(30)22(15-17)25(37)36-24-6-4-5-21-20(24)13-14-34-26(21)39-19-10-8-18(9-11-19)29(31,32)33/h4-7,12-15,18-19H,8-11,16H2,1-3H3,(H,35,38)(H,36,37). The number of carbonyl (C=O) groups excluding carboxylic acids is 2. The quantitative estimate of drug-likeness (QED) is 0.331. The Morgan fingerprint density at radius 1 is 1.03 bits per heavy atom. The molecule has 0 bridgehead atoms. The molecule has 1 aliphatic carbocycles. The van der Waals surface area contributed by atoms with Gasteiger partial charge in [0.25, 0.3) is 5.91 Å². The van der Waals surface area contributed by atoms with Crippen LogP contribution in [0.25, 0.3) is 10.8 Å². The zero-order valence-electron chi connectivity index (χ0n) is 22.0. The van der Waals surface area contributed by atoms with Crippen molar-refractivity contribution in [3.05, 3.63) is 64.8 Å². The van der Waals surface area contributed by atoms with Gasteiger partial charge in [-0.05, 0) is 61.6 Å². The van der Waals surface area contributed by atoms with Crippen molar-refractivity contribution < 1.29 is 27.5 Å². The Kier molecular flexibility index (Phi) is 8.39. The van der Waals surface area contributed by atoms with E-state index in [0.29, 0.717) is 35.2 Å². The van der Waals surface area contributed by atoms with Crippen molar-refractivity contribution in [3.8, 4) is 5.88 Å². The van der Waals surface area contributed by atoms with E-state index in [2.05, 4.69) is 15.6 Å². The lowest BCUT2D eigenvalue weighted by Gasteiger charge is -2.30. The molecular weight excluding hydrogens is 531 g/mol. The number of pyridine rings is 1. The molecule has 0 radical (unpaired) electrons. The second-order valence-corrected chi connectivity index (χ2v) is 11.3. The van der Waals surface area contributed by atoms with E-state index >= 15 is 0 Å². The zero-order valence-corrected chi connectivity index (χ0v) is 22.7. The number of aromatic nitrogens is 1. The summed E-state index contributed by atoms with van der Waals surface area (Å²) < 4.78 is 45.1. The van der Waals surface area contributed by atoms with Crippen LogP contribution in [-0.4, -0.2) is 29.1 Å². The average molecular weight is 562 g/mol. The summed E-state index contributed by atoms with van der Waals surface area (Å²) in [6, 6.07) is 12.0. The molecule has 1 aliphatic rings. The van der Waals surface area contributed by atoms with Crippen molar-refractivity contribution in [1.82, 2.24) is 10.3 Å².